The zero-order valence-electron chi connectivity index (χ0n) is 23.7. The van der Waals surface area contributed by atoms with Crippen molar-refractivity contribution in [3.63, 3.8) is 0 Å². The highest BCUT2D eigenvalue weighted by Crippen LogP contribution is 2.39. The van der Waals surface area contributed by atoms with Crippen LogP contribution in [0.2, 0.25) is 0 Å². The van der Waals surface area contributed by atoms with Crippen LogP contribution in [0.3, 0.4) is 0 Å². The average molecular weight is 594 g/mol. The van der Waals surface area contributed by atoms with E-state index in [1.54, 1.807) is 6.20 Å². The standard InChI is InChI=1S/C29H30F3N9O2/c1-39(2)27(42)18-11-23(29(30,31)32)38-24(12-18)43-21-5-3-20(4-6-21)40-15-28(16-40,8-9-33)41-14-19(13-37-41)25-22-7-10-34-26(22)36-17-35-25/h7,10-14,17,20-21H,3-6,8,15-16H2,1-2H3,(H,34,35,36)/t20-,21+. The fourth-order valence-electron chi connectivity index (χ4n) is 6.05. The van der Waals surface area contributed by atoms with E-state index in [0.29, 0.717) is 32.4 Å². The van der Waals surface area contributed by atoms with Gasteiger partial charge in [0.2, 0.25) is 5.88 Å². The molecule has 6 rings (SSSR count). The van der Waals surface area contributed by atoms with Crippen LogP contribution < -0.4 is 4.74 Å². The Morgan fingerprint density at radius 1 is 1.21 bits per heavy atom. The molecule has 1 aliphatic heterocycles. The number of rotatable bonds is 7. The van der Waals surface area contributed by atoms with Gasteiger partial charge in [0.15, 0.2) is 0 Å². The molecule has 1 aliphatic carbocycles. The number of aromatic nitrogens is 6. The molecule has 14 heteroatoms. The van der Waals surface area contributed by atoms with E-state index in [1.807, 2.05) is 23.1 Å². The number of nitrogens with one attached hydrogen (secondary N) is 1. The highest BCUT2D eigenvalue weighted by atomic mass is 19.4. The Morgan fingerprint density at radius 3 is 2.67 bits per heavy atom. The zero-order valence-corrected chi connectivity index (χ0v) is 23.7. The largest absolute Gasteiger partial charge is 0.474 e. The summed E-state index contributed by atoms with van der Waals surface area (Å²) in [5.74, 6) is -0.755. The molecule has 43 heavy (non-hydrogen) atoms. The number of alkyl halides is 3. The van der Waals surface area contributed by atoms with E-state index in [2.05, 4.69) is 36.0 Å². The molecule has 4 aromatic heterocycles. The molecule has 11 nitrogen and oxygen atoms in total. The van der Waals surface area contributed by atoms with Crippen LogP contribution in [0.25, 0.3) is 22.3 Å². The minimum absolute atomic E-state index is 0.121. The fraction of sp³-hybridized carbons (Fsp3) is 0.448. The van der Waals surface area contributed by atoms with Gasteiger partial charge in [0, 0.05) is 68.2 Å². The van der Waals surface area contributed by atoms with Gasteiger partial charge in [-0.05, 0) is 37.8 Å². The summed E-state index contributed by atoms with van der Waals surface area (Å²) in [4.78, 5) is 31.4. The molecule has 1 saturated heterocycles. The molecule has 224 valence electrons. The molecule has 0 unspecified atom stereocenters. The van der Waals surface area contributed by atoms with Gasteiger partial charge in [0.1, 0.15) is 29.3 Å². The molecule has 0 radical (unpaired) electrons. The van der Waals surface area contributed by atoms with Crippen LogP contribution in [0.4, 0.5) is 13.2 Å². The molecule has 2 aliphatic rings. The molecule has 0 spiro atoms. The second kappa shape index (κ2) is 11.0. The monoisotopic (exact) mass is 593 g/mol. The Balaban J connectivity index is 1.10. The molecule has 0 aromatic carbocycles. The highest BCUT2D eigenvalue weighted by Gasteiger charge is 2.48. The third kappa shape index (κ3) is 5.52. The second-order valence-electron chi connectivity index (χ2n) is 11.4. The summed E-state index contributed by atoms with van der Waals surface area (Å²) in [6.07, 6.45) is 5.14. The SMILES string of the molecule is CN(C)C(=O)c1cc(O[C@H]2CC[C@@H](N3CC(CC#N)(n4cc(-c5ncnc6[nH]ccc56)cn4)C3)CC2)nc(C(F)(F)F)c1. The van der Waals surface area contributed by atoms with E-state index >= 15 is 0 Å². The number of carbonyl (C=O) groups excluding carboxylic acids is 1. The number of halogens is 3. The van der Waals surface area contributed by atoms with Crippen molar-refractivity contribution in [2.24, 2.45) is 0 Å². The maximum Gasteiger partial charge on any atom is 0.433 e. The Hall–Kier alpha value is -4.51. The van der Waals surface area contributed by atoms with E-state index < -0.39 is 23.3 Å². The minimum atomic E-state index is -4.70. The van der Waals surface area contributed by atoms with Crippen LogP contribution in [0.5, 0.6) is 5.88 Å². The molecule has 5 heterocycles. The van der Waals surface area contributed by atoms with E-state index in [1.165, 1.54) is 31.4 Å². The predicted molar refractivity (Wildman–Crippen MR) is 149 cm³/mol. The van der Waals surface area contributed by atoms with E-state index in [4.69, 9.17) is 4.74 Å². The first-order valence-corrected chi connectivity index (χ1v) is 14.0. The summed E-state index contributed by atoms with van der Waals surface area (Å²) >= 11 is 0. The summed E-state index contributed by atoms with van der Waals surface area (Å²) in [6, 6.07) is 6.52. The molecule has 0 atom stereocenters. The number of H-pyrrole nitrogens is 1. The van der Waals surface area contributed by atoms with Crippen molar-refractivity contribution in [3.05, 3.63) is 54.4 Å². The number of hydrogen-bond donors (Lipinski definition) is 1. The van der Waals surface area contributed by atoms with Crippen molar-refractivity contribution in [1.82, 2.24) is 39.5 Å². The first-order chi connectivity index (χ1) is 20.6. The van der Waals surface area contributed by atoms with Crippen LogP contribution in [0.15, 0.2) is 43.1 Å². The lowest BCUT2D eigenvalue weighted by atomic mass is 9.82. The van der Waals surface area contributed by atoms with E-state index in [-0.39, 0.29) is 23.6 Å². The first kappa shape index (κ1) is 28.6. The Morgan fingerprint density at radius 2 is 1.98 bits per heavy atom. The third-order valence-corrected chi connectivity index (χ3v) is 8.29. The van der Waals surface area contributed by atoms with Crippen LogP contribution in [-0.4, -0.2) is 84.8 Å². The van der Waals surface area contributed by atoms with Crippen molar-refractivity contribution in [1.29, 1.82) is 5.26 Å². The van der Waals surface area contributed by atoms with Gasteiger partial charge >= 0.3 is 6.18 Å². The summed E-state index contributed by atoms with van der Waals surface area (Å²) in [5.41, 5.74) is 0.626. The van der Waals surface area contributed by atoms with Crippen molar-refractivity contribution in [2.45, 2.75) is 56.0 Å². The number of hydrogen-bond acceptors (Lipinski definition) is 8. The van der Waals surface area contributed by atoms with Gasteiger partial charge in [-0.1, -0.05) is 0 Å². The number of amides is 1. The predicted octanol–water partition coefficient (Wildman–Crippen LogP) is 4.25. The molecule has 0 bridgehead atoms. The number of aromatic amines is 1. The first-order valence-electron chi connectivity index (χ1n) is 14.0. The second-order valence-corrected chi connectivity index (χ2v) is 11.4. The number of ether oxygens (including phenoxy) is 1. The van der Waals surface area contributed by atoms with Gasteiger partial charge in [-0.2, -0.15) is 23.5 Å². The van der Waals surface area contributed by atoms with Crippen molar-refractivity contribution < 1.29 is 22.7 Å². The quantitative estimate of drug-likeness (QED) is 0.337. The topological polar surface area (TPSA) is 129 Å². The normalized spacial score (nSPS) is 20.4. The van der Waals surface area contributed by atoms with E-state index in [0.717, 1.165) is 41.2 Å². The Labute approximate surface area is 245 Å². The number of nitrogens with zero attached hydrogens (tertiary/aromatic N) is 8. The number of carbonyl (C=O) groups is 1. The van der Waals surface area contributed by atoms with Gasteiger partial charge in [-0.25, -0.2) is 15.0 Å². The van der Waals surface area contributed by atoms with Gasteiger partial charge in [-0.3, -0.25) is 14.4 Å². The molecule has 2 fully saturated rings. The summed E-state index contributed by atoms with van der Waals surface area (Å²) in [6.45, 7) is 1.32. The number of pyridine rings is 1. The van der Waals surface area contributed by atoms with Gasteiger partial charge in [-0.15, -0.1) is 0 Å². The van der Waals surface area contributed by atoms with Crippen molar-refractivity contribution >= 4 is 16.9 Å². The van der Waals surface area contributed by atoms with Gasteiger partial charge in [0.05, 0.1) is 24.4 Å². The van der Waals surface area contributed by atoms with Crippen molar-refractivity contribution in [2.75, 3.05) is 27.2 Å². The lowest BCUT2D eigenvalue weighted by Gasteiger charge is -2.53. The average Bonchev–Trinajstić information content (AvgIpc) is 3.65. The maximum atomic E-state index is 13.5. The minimum Gasteiger partial charge on any atom is -0.474 e. The lowest BCUT2D eigenvalue weighted by molar-refractivity contribution is -0.141. The van der Waals surface area contributed by atoms with Crippen molar-refractivity contribution in [3.8, 4) is 23.2 Å². The summed E-state index contributed by atoms with van der Waals surface area (Å²) in [7, 11) is 2.95. The molecule has 4 aromatic rings. The zero-order chi connectivity index (χ0) is 30.4. The smallest absolute Gasteiger partial charge is 0.433 e. The molecular weight excluding hydrogens is 563 g/mol. The van der Waals surface area contributed by atoms with Crippen LogP contribution in [0, 0.1) is 11.3 Å². The number of nitriles is 1. The van der Waals surface area contributed by atoms with Crippen LogP contribution >= 0.6 is 0 Å². The maximum absolute atomic E-state index is 13.5. The Bertz CT molecular complexity index is 1680. The molecular formula is C29H30F3N9O2. The molecule has 1 amide bonds. The summed E-state index contributed by atoms with van der Waals surface area (Å²) in [5, 5.41) is 15.2. The van der Waals surface area contributed by atoms with Gasteiger partial charge in [0.25, 0.3) is 5.91 Å². The lowest BCUT2D eigenvalue weighted by Crippen LogP contribution is -2.65. The van der Waals surface area contributed by atoms with Gasteiger partial charge < -0.3 is 14.6 Å². The van der Waals surface area contributed by atoms with Crippen LogP contribution in [0.1, 0.15) is 48.2 Å². The number of fused-ring (bicyclic) bond motifs is 1. The molecule has 1 N–H and O–H groups in total. The molecule has 1 saturated carbocycles. The number of likely N-dealkylation sites (tertiary alicyclic amines) is 1. The summed E-state index contributed by atoms with van der Waals surface area (Å²) < 4.78 is 48.2. The van der Waals surface area contributed by atoms with Crippen LogP contribution in [-0.2, 0) is 11.7 Å². The third-order valence-electron chi connectivity index (χ3n) is 8.29. The Kier molecular flexibility index (Phi) is 7.29. The highest BCUT2D eigenvalue weighted by molar-refractivity contribution is 5.94. The fourth-order valence-corrected chi connectivity index (χ4v) is 6.05. The van der Waals surface area contributed by atoms with E-state index in [9.17, 15) is 23.2 Å².